The fourth-order valence-electron chi connectivity index (χ4n) is 6.23. The van der Waals surface area contributed by atoms with Crippen LogP contribution in [0.15, 0.2) is 48.8 Å². The van der Waals surface area contributed by atoms with Gasteiger partial charge in [0.25, 0.3) is 5.91 Å². The molecular formula is C34H39F3N8O3. The maximum atomic E-state index is 14.2. The van der Waals surface area contributed by atoms with Gasteiger partial charge < -0.3 is 29.7 Å². The molecule has 48 heavy (non-hydrogen) atoms. The second kappa shape index (κ2) is 13.4. The largest absolute Gasteiger partial charge is 0.455 e. The highest BCUT2D eigenvalue weighted by molar-refractivity contribution is 5.98. The molecule has 0 bridgehead atoms. The minimum Gasteiger partial charge on any atom is -0.455 e. The number of amides is 3. The van der Waals surface area contributed by atoms with Gasteiger partial charge in [-0.15, -0.1) is 0 Å². The van der Waals surface area contributed by atoms with Crippen molar-refractivity contribution >= 4 is 28.7 Å². The van der Waals surface area contributed by atoms with Crippen LogP contribution < -0.4 is 10.1 Å². The van der Waals surface area contributed by atoms with Crippen LogP contribution in [0.2, 0.25) is 0 Å². The molecular weight excluding hydrogens is 625 g/mol. The van der Waals surface area contributed by atoms with Gasteiger partial charge in [-0.3, -0.25) is 14.7 Å². The van der Waals surface area contributed by atoms with Crippen LogP contribution >= 0.6 is 0 Å². The number of ether oxygens (including phenoxy) is 1. The Morgan fingerprint density at radius 1 is 1.08 bits per heavy atom. The van der Waals surface area contributed by atoms with Crippen LogP contribution in [0.5, 0.6) is 11.5 Å². The fourth-order valence-corrected chi connectivity index (χ4v) is 6.23. The van der Waals surface area contributed by atoms with Gasteiger partial charge in [-0.05, 0) is 54.9 Å². The molecule has 2 N–H and O–H groups in total. The van der Waals surface area contributed by atoms with E-state index in [1.807, 2.05) is 24.9 Å². The van der Waals surface area contributed by atoms with Gasteiger partial charge in [0.05, 0.1) is 22.8 Å². The summed E-state index contributed by atoms with van der Waals surface area (Å²) in [5, 5.41) is 3.33. The average Bonchev–Trinajstić information content (AvgIpc) is 3.50. The number of H-pyrrole nitrogens is 1. The predicted molar refractivity (Wildman–Crippen MR) is 175 cm³/mol. The second-order valence-corrected chi connectivity index (χ2v) is 12.6. The van der Waals surface area contributed by atoms with Crippen molar-refractivity contribution in [3.63, 3.8) is 0 Å². The quantitative estimate of drug-likeness (QED) is 0.259. The summed E-state index contributed by atoms with van der Waals surface area (Å²) in [6, 6.07) is 8.74. The first-order valence-electron chi connectivity index (χ1n) is 15.9. The van der Waals surface area contributed by atoms with Crippen LogP contribution in [-0.4, -0.2) is 100 Å². The Hall–Kier alpha value is -4.69. The summed E-state index contributed by atoms with van der Waals surface area (Å²) < 4.78 is 48.7. The van der Waals surface area contributed by atoms with E-state index < -0.39 is 17.8 Å². The molecule has 0 aliphatic carbocycles. The van der Waals surface area contributed by atoms with E-state index >= 15 is 0 Å². The van der Waals surface area contributed by atoms with Crippen LogP contribution in [0.3, 0.4) is 0 Å². The molecule has 11 nitrogen and oxygen atoms in total. The number of alkyl halides is 3. The maximum Gasteiger partial charge on any atom is 0.416 e. The van der Waals surface area contributed by atoms with Crippen molar-refractivity contribution < 1.29 is 27.5 Å². The van der Waals surface area contributed by atoms with Gasteiger partial charge >= 0.3 is 12.2 Å². The molecule has 14 heteroatoms. The molecule has 2 aliphatic heterocycles. The van der Waals surface area contributed by atoms with Crippen LogP contribution in [0, 0.1) is 0 Å². The van der Waals surface area contributed by atoms with Gasteiger partial charge in [-0.25, -0.2) is 9.78 Å². The minimum absolute atomic E-state index is 0.0674. The first-order valence-corrected chi connectivity index (χ1v) is 15.9. The summed E-state index contributed by atoms with van der Waals surface area (Å²) in [4.78, 5) is 45.2. The first kappa shape index (κ1) is 33.2. The van der Waals surface area contributed by atoms with E-state index in [-0.39, 0.29) is 36.2 Å². The smallest absolute Gasteiger partial charge is 0.416 e. The number of anilines is 1. The van der Waals surface area contributed by atoms with Crippen LogP contribution in [0.25, 0.3) is 11.0 Å². The number of carbonyl (C=O) groups excluding carboxylic acids is 2. The Kier molecular flexibility index (Phi) is 9.30. The number of nitrogens with one attached hydrogen (secondary N) is 2. The Balaban J connectivity index is 1.19. The number of likely N-dealkylation sites (N-methyl/N-ethyl adjacent to an activating group) is 1. The number of nitrogens with zero attached hydrogens (tertiary/aromatic N) is 6. The molecule has 1 saturated heterocycles. The second-order valence-electron chi connectivity index (χ2n) is 12.6. The Bertz CT molecular complexity index is 1820. The zero-order valence-corrected chi connectivity index (χ0v) is 27.4. The van der Waals surface area contributed by atoms with E-state index in [0.717, 1.165) is 30.4 Å². The van der Waals surface area contributed by atoms with Crippen molar-refractivity contribution in [1.82, 2.24) is 34.6 Å². The number of carbonyl (C=O) groups is 2. The van der Waals surface area contributed by atoms with Gasteiger partial charge in [-0.2, -0.15) is 13.2 Å². The number of rotatable bonds is 7. The van der Waals surface area contributed by atoms with Crippen LogP contribution in [0.1, 0.15) is 52.1 Å². The van der Waals surface area contributed by atoms with Crippen LogP contribution in [-0.2, 0) is 19.3 Å². The van der Waals surface area contributed by atoms with Crippen molar-refractivity contribution in [2.75, 3.05) is 59.2 Å². The third-order valence-electron chi connectivity index (χ3n) is 8.96. The topological polar surface area (TPSA) is 110 Å². The predicted octanol–water partition coefficient (Wildman–Crippen LogP) is 5.76. The summed E-state index contributed by atoms with van der Waals surface area (Å²) in [6.07, 6.45) is -0.650. The molecule has 4 aromatic rings. The summed E-state index contributed by atoms with van der Waals surface area (Å²) in [5.41, 5.74) is 2.03. The lowest BCUT2D eigenvalue weighted by atomic mass is 9.92. The van der Waals surface area contributed by atoms with Crippen molar-refractivity contribution in [2.24, 2.45) is 0 Å². The highest BCUT2D eigenvalue weighted by Gasteiger charge is 2.35. The third kappa shape index (κ3) is 7.09. The highest BCUT2D eigenvalue weighted by atomic mass is 19.4. The van der Waals surface area contributed by atoms with E-state index in [4.69, 9.17) is 4.74 Å². The lowest BCUT2D eigenvalue weighted by Crippen LogP contribution is -2.44. The van der Waals surface area contributed by atoms with Crippen LogP contribution in [0.4, 0.5) is 23.7 Å². The number of hydrogen-bond acceptors (Lipinski definition) is 7. The van der Waals surface area contributed by atoms with Gasteiger partial charge in [0.1, 0.15) is 22.8 Å². The number of pyridine rings is 2. The van der Waals surface area contributed by atoms with E-state index in [2.05, 4.69) is 25.2 Å². The molecule has 3 aromatic heterocycles. The van der Waals surface area contributed by atoms with Crippen molar-refractivity contribution in [3.05, 3.63) is 76.9 Å². The average molecular weight is 665 g/mol. The number of fused-ring (bicyclic) bond motifs is 2. The zero-order valence-electron chi connectivity index (χ0n) is 27.4. The Morgan fingerprint density at radius 2 is 1.85 bits per heavy atom. The van der Waals surface area contributed by atoms with Gasteiger partial charge in [0.2, 0.25) is 0 Å². The van der Waals surface area contributed by atoms with Gasteiger partial charge in [-0.1, -0.05) is 13.0 Å². The molecule has 254 valence electrons. The number of benzene rings is 1. The lowest BCUT2D eigenvalue weighted by molar-refractivity contribution is -0.138. The van der Waals surface area contributed by atoms with Crippen molar-refractivity contribution in [1.29, 1.82) is 0 Å². The number of urea groups is 1. The molecule has 3 amide bonds. The normalized spacial score (nSPS) is 17.3. The lowest BCUT2D eigenvalue weighted by Gasteiger charge is -2.34. The first-order chi connectivity index (χ1) is 22.9. The SMILES string of the molecule is CC[C@H]1CN(C(=O)Nc2ccc(CN3CCN(C)CC3)c(C(F)(F)F)c2)Cc2cc(Oc3ccnc4[nH]c(C(=O)N(C)C)cc34)cnc21. The van der Waals surface area contributed by atoms with E-state index in [0.29, 0.717) is 54.3 Å². The number of piperazine rings is 1. The standard InChI is InChI=1S/C34H39F3N8O3/c1-5-21-19-45(33(47)40-24-7-6-22(27(15-24)34(35,36)37)18-44-12-10-43(4)11-13-44)20-23-14-25(17-39-30(21)23)48-29-8-9-38-31-26(29)16-28(41-31)32(46)42(2)3/h6-9,14-17,21H,5,10-13,18-20H2,1-4H3,(H,38,41)(H,40,47)/t21-/m0/s1. The Labute approximate surface area is 276 Å². The van der Waals surface area contributed by atoms with Gasteiger partial charge in [0.15, 0.2) is 0 Å². The Morgan fingerprint density at radius 3 is 2.56 bits per heavy atom. The zero-order chi connectivity index (χ0) is 34.2. The van der Waals surface area contributed by atoms with E-state index in [1.54, 1.807) is 43.5 Å². The number of aromatic amines is 1. The van der Waals surface area contributed by atoms with E-state index in [9.17, 15) is 22.8 Å². The number of hydrogen-bond donors (Lipinski definition) is 2. The summed E-state index contributed by atoms with van der Waals surface area (Å²) in [5.74, 6) is 0.646. The fraction of sp³-hybridized carbons (Fsp3) is 0.412. The molecule has 1 aromatic carbocycles. The van der Waals surface area contributed by atoms with Gasteiger partial charge in [0, 0.05) is 77.7 Å². The number of aromatic nitrogens is 3. The third-order valence-corrected chi connectivity index (χ3v) is 8.96. The molecule has 1 fully saturated rings. The molecule has 2 aliphatic rings. The summed E-state index contributed by atoms with van der Waals surface area (Å²) >= 11 is 0. The van der Waals surface area contributed by atoms with E-state index in [1.165, 1.54) is 17.0 Å². The number of halogens is 3. The molecule has 6 rings (SSSR count). The summed E-state index contributed by atoms with van der Waals surface area (Å²) in [7, 11) is 5.32. The molecule has 0 spiro atoms. The molecule has 1 atom stereocenters. The molecule has 0 radical (unpaired) electrons. The van der Waals surface area contributed by atoms with Crippen molar-refractivity contribution in [2.45, 2.75) is 38.5 Å². The minimum atomic E-state index is -4.56. The molecule has 0 unspecified atom stereocenters. The monoisotopic (exact) mass is 664 g/mol. The maximum absolute atomic E-state index is 14.2. The van der Waals surface area contributed by atoms with Crippen molar-refractivity contribution in [3.8, 4) is 11.5 Å². The summed E-state index contributed by atoms with van der Waals surface area (Å²) in [6.45, 7) is 5.76. The molecule has 0 saturated carbocycles. The highest BCUT2D eigenvalue weighted by Crippen LogP contribution is 2.37. The molecule has 5 heterocycles.